The molecule has 0 fully saturated rings. The molecular formula is C20H9Cl2N3O6. The first-order valence-electron chi connectivity index (χ1n) is 8.61. The molecule has 11 heteroatoms. The lowest BCUT2D eigenvalue weighted by molar-refractivity contribution is -0.393. The number of hydrogen-bond acceptors (Lipinski definition) is 6. The molecule has 0 saturated heterocycles. The van der Waals surface area contributed by atoms with Crippen LogP contribution in [0.4, 0.5) is 17.1 Å². The van der Waals surface area contributed by atoms with E-state index in [1.54, 1.807) is 18.2 Å². The van der Waals surface area contributed by atoms with Crippen molar-refractivity contribution in [3.05, 3.63) is 106 Å². The van der Waals surface area contributed by atoms with Crippen molar-refractivity contribution >= 4 is 51.9 Å². The van der Waals surface area contributed by atoms with Gasteiger partial charge in [0.15, 0.2) is 0 Å². The van der Waals surface area contributed by atoms with Crippen molar-refractivity contribution in [3.8, 4) is 11.1 Å². The Hall–Kier alpha value is -3.82. The number of non-ortho nitro benzene ring substituents is 2. The fraction of sp³-hybridized carbons (Fsp3) is 0. The highest BCUT2D eigenvalue weighted by Gasteiger charge is 2.35. The van der Waals surface area contributed by atoms with E-state index >= 15 is 0 Å². The van der Waals surface area contributed by atoms with Crippen molar-refractivity contribution in [2.45, 2.75) is 0 Å². The quantitative estimate of drug-likeness (QED) is 0.261. The molecule has 0 unspecified atom stereocenters. The van der Waals surface area contributed by atoms with E-state index in [2.05, 4.69) is 0 Å². The Bertz CT molecular complexity index is 1330. The highest BCUT2D eigenvalue weighted by atomic mass is 35.5. The summed E-state index contributed by atoms with van der Waals surface area (Å²) in [5.74, 6) is 0. The molecule has 3 aromatic rings. The predicted octanol–water partition coefficient (Wildman–Crippen LogP) is 6.29. The van der Waals surface area contributed by atoms with Gasteiger partial charge in [0.2, 0.25) is 0 Å². The van der Waals surface area contributed by atoms with Crippen LogP contribution in [0, 0.1) is 30.3 Å². The molecule has 0 N–H and O–H groups in total. The summed E-state index contributed by atoms with van der Waals surface area (Å²) in [6.45, 7) is 0. The van der Waals surface area contributed by atoms with Crippen LogP contribution in [0.5, 0.6) is 0 Å². The van der Waals surface area contributed by atoms with Gasteiger partial charge in [-0.3, -0.25) is 30.3 Å². The summed E-state index contributed by atoms with van der Waals surface area (Å²) in [5.41, 5.74) is 0.454. The molecule has 1 aliphatic rings. The van der Waals surface area contributed by atoms with E-state index < -0.39 is 26.1 Å². The lowest BCUT2D eigenvalue weighted by Crippen LogP contribution is -1.96. The molecule has 0 atom stereocenters. The summed E-state index contributed by atoms with van der Waals surface area (Å²) in [6, 6.07) is 10.7. The average Bonchev–Trinajstić information content (AvgIpc) is 3.02. The van der Waals surface area contributed by atoms with Gasteiger partial charge in [-0.15, -0.1) is 0 Å². The summed E-state index contributed by atoms with van der Waals surface area (Å²) in [5, 5.41) is 35.0. The van der Waals surface area contributed by atoms with Gasteiger partial charge in [0.25, 0.3) is 17.1 Å². The molecule has 4 rings (SSSR count). The van der Waals surface area contributed by atoms with Gasteiger partial charge in [0.1, 0.15) is 0 Å². The largest absolute Gasteiger partial charge is 0.284 e. The lowest BCUT2D eigenvalue weighted by Gasteiger charge is -2.07. The molecule has 31 heavy (non-hydrogen) atoms. The van der Waals surface area contributed by atoms with Crippen molar-refractivity contribution < 1.29 is 14.8 Å². The Balaban J connectivity index is 2.13. The Labute approximate surface area is 183 Å². The lowest BCUT2D eigenvalue weighted by atomic mass is 10.00. The van der Waals surface area contributed by atoms with Crippen molar-refractivity contribution in [3.63, 3.8) is 0 Å². The van der Waals surface area contributed by atoms with Crippen LogP contribution in [0.1, 0.15) is 16.7 Å². The number of hydrogen-bond donors (Lipinski definition) is 0. The molecule has 0 heterocycles. The van der Waals surface area contributed by atoms with Crippen LogP contribution in [0.15, 0.2) is 48.5 Å². The molecule has 0 radical (unpaired) electrons. The highest BCUT2D eigenvalue weighted by molar-refractivity contribution is 6.37. The first kappa shape index (κ1) is 20.5. The normalized spacial score (nSPS) is 13.0. The van der Waals surface area contributed by atoms with Crippen LogP contribution >= 0.6 is 23.2 Å². The zero-order chi connectivity index (χ0) is 22.4. The number of benzene rings is 3. The Morgan fingerprint density at radius 3 is 1.90 bits per heavy atom. The standard InChI is InChI=1S/C20H9Cl2N3O6/c21-17-2-1-3-18(22)16(17)9-14-13-6-10(23(26)27)4-5-12(13)20-15(14)7-11(24(28)29)8-19(20)25(30)31/h1-9H/b14-9+. The molecule has 9 nitrogen and oxygen atoms in total. The zero-order valence-corrected chi connectivity index (χ0v) is 16.8. The fourth-order valence-electron chi connectivity index (χ4n) is 3.54. The van der Waals surface area contributed by atoms with E-state index in [0.717, 1.165) is 6.07 Å². The van der Waals surface area contributed by atoms with Gasteiger partial charge in [-0.1, -0.05) is 29.3 Å². The second kappa shape index (κ2) is 7.46. The number of nitro groups is 3. The van der Waals surface area contributed by atoms with Crippen molar-refractivity contribution in [1.29, 1.82) is 0 Å². The summed E-state index contributed by atoms with van der Waals surface area (Å²) < 4.78 is 0. The maximum Gasteiger partial charge on any atom is 0.284 e. The molecule has 0 aromatic heterocycles. The minimum atomic E-state index is -0.737. The van der Waals surface area contributed by atoms with Crippen LogP contribution in [0.2, 0.25) is 10.0 Å². The molecule has 0 spiro atoms. The molecule has 3 aromatic carbocycles. The number of nitro benzene ring substituents is 3. The Morgan fingerprint density at radius 1 is 0.710 bits per heavy atom. The second-order valence-electron chi connectivity index (χ2n) is 6.58. The zero-order valence-electron chi connectivity index (χ0n) is 15.2. The van der Waals surface area contributed by atoms with Crippen LogP contribution in [0.25, 0.3) is 22.8 Å². The monoisotopic (exact) mass is 457 g/mol. The van der Waals surface area contributed by atoms with E-state index in [0.29, 0.717) is 22.3 Å². The summed E-state index contributed by atoms with van der Waals surface area (Å²) in [7, 11) is 0. The van der Waals surface area contributed by atoms with Crippen molar-refractivity contribution in [1.82, 2.24) is 0 Å². The predicted molar refractivity (Wildman–Crippen MR) is 115 cm³/mol. The Morgan fingerprint density at radius 2 is 1.32 bits per heavy atom. The van der Waals surface area contributed by atoms with Gasteiger partial charge in [-0.2, -0.15) is 0 Å². The Kier molecular flexibility index (Phi) is 4.92. The third kappa shape index (κ3) is 3.39. The van der Waals surface area contributed by atoms with Crippen LogP contribution in [0.3, 0.4) is 0 Å². The van der Waals surface area contributed by atoms with Crippen molar-refractivity contribution in [2.24, 2.45) is 0 Å². The summed E-state index contributed by atoms with van der Waals surface area (Å²) in [4.78, 5) is 32.4. The first-order chi connectivity index (χ1) is 14.7. The van der Waals surface area contributed by atoms with Gasteiger partial charge < -0.3 is 0 Å². The topological polar surface area (TPSA) is 129 Å². The average molecular weight is 458 g/mol. The minimum Gasteiger partial charge on any atom is -0.258 e. The second-order valence-corrected chi connectivity index (χ2v) is 7.40. The summed E-state index contributed by atoms with van der Waals surface area (Å²) >= 11 is 12.5. The van der Waals surface area contributed by atoms with Gasteiger partial charge in [-0.25, -0.2) is 0 Å². The number of halogens is 2. The third-order valence-corrected chi connectivity index (χ3v) is 5.52. The van der Waals surface area contributed by atoms with E-state index in [4.69, 9.17) is 23.2 Å². The highest BCUT2D eigenvalue weighted by Crippen LogP contribution is 2.51. The molecule has 154 valence electrons. The van der Waals surface area contributed by atoms with Crippen LogP contribution in [-0.4, -0.2) is 14.8 Å². The maximum atomic E-state index is 11.7. The smallest absolute Gasteiger partial charge is 0.258 e. The van der Waals surface area contributed by atoms with E-state index in [1.807, 2.05) is 0 Å². The van der Waals surface area contributed by atoms with Crippen LogP contribution in [-0.2, 0) is 0 Å². The molecular weight excluding hydrogens is 449 g/mol. The molecule has 0 amide bonds. The van der Waals surface area contributed by atoms with E-state index in [-0.39, 0.29) is 26.9 Å². The van der Waals surface area contributed by atoms with Gasteiger partial charge >= 0.3 is 0 Å². The van der Waals surface area contributed by atoms with Gasteiger partial charge in [0, 0.05) is 39.4 Å². The number of nitrogens with zero attached hydrogens (tertiary/aromatic N) is 3. The van der Waals surface area contributed by atoms with Crippen molar-refractivity contribution in [2.75, 3.05) is 0 Å². The van der Waals surface area contributed by atoms with Gasteiger partial charge in [0.05, 0.1) is 26.4 Å². The molecule has 0 bridgehead atoms. The summed E-state index contributed by atoms with van der Waals surface area (Å²) in [6.07, 6.45) is 1.52. The molecule has 1 aliphatic carbocycles. The number of rotatable bonds is 4. The maximum absolute atomic E-state index is 11.7. The first-order valence-corrected chi connectivity index (χ1v) is 9.36. The third-order valence-electron chi connectivity index (χ3n) is 4.86. The SMILES string of the molecule is O=[N+]([O-])c1ccc2c(c1)/C(=C\c1c(Cl)cccc1Cl)c1cc([N+](=O)[O-])cc([N+](=O)[O-])c1-2. The number of fused-ring (bicyclic) bond motifs is 3. The van der Waals surface area contributed by atoms with Gasteiger partial charge in [-0.05, 0) is 41.0 Å². The molecule has 0 aliphatic heterocycles. The van der Waals surface area contributed by atoms with Crippen LogP contribution < -0.4 is 0 Å². The molecule has 0 saturated carbocycles. The van der Waals surface area contributed by atoms with E-state index in [9.17, 15) is 30.3 Å². The fourth-order valence-corrected chi connectivity index (χ4v) is 4.04. The minimum absolute atomic E-state index is 0.134. The van der Waals surface area contributed by atoms with E-state index in [1.165, 1.54) is 30.3 Å².